The number of aryl methyl sites for hydroxylation is 2. The number of fused-ring (bicyclic) bond motifs is 1. The number of aromatic nitrogens is 2. The molecule has 0 aliphatic heterocycles. The number of benzene rings is 2. The molecule has 0 bridgehead atoms. The van der Waals surface area contributed by atoms with Crippen molar-refractivity contribution in [1.29, 1.82) is 0 Å². The van der Waals surface area contributed by atoms with Crippen LogP contribution in [0.25, 0.3) is 21.3 Å². The molecule has 0 saturated heterocycles. The Balaban J connectivity index is 1.57. The summed E-state index contributed by atoms with van der Waals surface area (Å²) in [6.45, 7) is 2.31. The van der Waals surface area contributed by atoms with Crippen LogP contribution in [-0.4, -0.2) is 15.5 Å². The first-order valence-electron chi connectivity index (χ1n) is 9.00. The zero-order chi connectivity index (χ0) is 19.5. The lowest BCUT2D eigenvalue weighted by Crippen LogP contribution is -2.23. The lowest BCUT2D eigenvalue weighted by Gasteiger charge is -2.07. The molecule has 0 aliphatic carbocycles. The van der Waals surface area contributed by atoms with Crippen molar-refractivity contribution in [2.24, 2.45) is 0 Å². The van der Waals surface area contributed by atoms with Crippen molar-refractivity contribution in [2.45, 2.75) is 19.9 Å². The lowest BCUT2D eigenvalue weighted by molar-refractivity contribution is -0.116. The molecule has 2 aromatic heterocycles. The third kappa shape index (κ3) is 3.73. The molecule has 0 atom stereocenters. The highest BCUT2D eigenvalue weighted by Crippen LogP contribution is 2.30. The molecule has 0 fully saturated rings. The van der Waals surface area contributed by atoms with Gasteiger partial charge in [0.2, 0.25) is 5.91 Å². The predicted molar refractivity (Wildman–Crippen MR) is 114 cm³/mol. The van der Waals surface area contributed by atoms with E-state index in [0.29, 0.717) is 10.2 Å². The minimum atomic E-state index is -0.137. The topological polar surface area (TPSA) is 64.0 Å². The van der Waals surface area contributed by atoms with E-state index < -0.39 is 0 Å². The summed E-state index contributed by atoms with van der Waals surface area (Å²) in [7, 11) is 0. The van der Waals surface area contributed by atoms with E-state index in [1.807, 2.05) is 66.9 Å². The smallest absolute Gasteiger partial charge is 0.262 e. The molecule has 0 saturated carbocycles. The van der Waals surface area contributed by atoms with Gasteiger partial charge in [0.1, 0.15) is 4.83 Å². The third-order valence-corrected chi connectivity index (χ3v) is 5.45. The van der Waals surface area contributed by atoms with Gasteiger partial charge in [-0.05, 0) is 24.6 Å². The van der Waals surface area contributed by atoms with Gasteiger partial charge in [-0.2, -0.15) is 0 Å². The molecule has 5 nitrogen and oxygen atoms in total. The summed E-state index contributed by atoms with van der Waals surface area (Å²) >= 11 is 1.46. The number of hydrogen-bond donors (Lipinski definition) is 1. The number of amides is 1. The van der Waals surface area contributed by atoms with Crippen LogP contribution in [0.1, 0.15) is 12.0 Å². The second-order valence-electron chi connectivity index (χ2n) is 6.60. The van der Waals surface area contributed by atoms with Gasteiger partial charge in [-0.15, -0.1) is 11.3 Å². The average molecular weight is 389 g/mol. The van der Waals surface area contributed by atoms with Crippen LogP contribution < -0.4 is 10.9 Å². The van der Waals surface area contributed by atoms with E-state index in [1.165, 1.54) is 27.8 Å². The van der Waals surface area contributed by atoms with Gasteiger partial charge in [0, 0.05) is 29.6 Å². The maximum absolute atomic E-state index is 13.0. The van der Waals surface area contributed by atoms with E-state index >= 15 is 0 Å². The SMILES string of the molecule is Cc1ccc(-c2csc3ncn(CCC(=O)Nc4ccccc4)c(=O)c23)cc1. The number of nitrogens with zero attached hydrogens (tertiary/aromatic N) is 2. The third-order valence-electron chi connectivity index (χ3n) is 4.56. The molecule has 1 amide bonds. The Morgan fingerprint density at radius 2 is 1.86 bits per heavy atom. The van der Waals surface area contributed by atoms with Crippen LogP contribution in [0.2, 0.25) is 0 Å². The summed E-state index contributed by atoms with van der Waals surface area (Å²) in [5, 5.41) is 5.41. The van der Waals surface area contributed by atoms with E-state index in [4.69, 9.17) is 0 Å². The highest BCUT2D eigenvalue weighted by molar-refractivity contribution is 7.17. The molecule has 2 aromatic carbocycles. The first kappa shape index (κ1) is 18.1. The highest BCUT2D eigenvalue weighted by atomic mass is 32.1. The molecule has 0 aliphatic rings. The fraction of sp³-hybridized carbons (Fsp3) is 0.136. The number of carbonyl (C=O) groups is 1. The van der Waals surface area contributed by atoms with Gasteiger partial charge in [-0.25, -0.2) is 4.98 Å². The maximum atomic E-state index is 13.0. The lowest BCUT2D eigenvalue weighted by atomic mass is 10.1. The van der Waals surface area contributed by atoms with Crippen molar-refractivity contribution < 1.29 is 4.79 Å². The van der Waals surface area contributed by atoms with Crippen molar-refractivity contribution >= 4 is 33.1 Å². The minimum Gasteiger partial charge on any atom is -0.326 e. The molecule has 1 N–H and O–H groups in total. The summed E-state index contributed by atoms with van der Waals surface area (Å²) < 4.78 is 1.51. The molecule has 28 heavy (non-hydrogen) atoms. The highest BCUT2D eigenvalue weighted by Gasteiger charge is 2.14. The quantitative estimate of drug-likeness (QED) is 0.548. The van der Waals surface area contributed by atoms with Crippen molar-refractivity contribution in [1.82, 2.24) is 9.55 Å². The Morgan fingerprint density at radius 1 is 1.11 bits per heavy atom. The fourth-order valence-electron chi connectivity index (χ4n) is 3.04. The predicted octanol–water partition coefficient (Wildman–Crippen LogP) is 4.46. The fourth-order valence-corrected chi connectivity index (χ4v) is 3.95. The maximum Gasteiger partial charge on any atom is 0.262 e. The van der Waals surface area contributed by atoms with Crippen LogP contribution in [0, 0.1) is 6.92 Å². The number of para-hydroxylation sites is 1. The first-order chi connectivity index (χ1) is 13.6. The summed E-state index contributed by atoms with van der Waals surface area (Å²) in [5.74, 6) is -0.137. The van der Waals surface area contributed by atoms with Gasteiger partial charge in [0.05, 0.1) is 11.7 Å². The Morgan fingerprint density at radius 3 is 2.61 bits per heavy atom. The zero-order valence-corrected chi connectivity index (χ0v) is 16.2. The van der Waals surface area contributed by atoms with Crippen LogP contribution in [0.15, 0.2) is 71.1 Å². The number of hydrogen-bond acceptors (Lipinski definition) is 4. The largest absolute Gasteiger partial charge is 0.326 e. The second kappa shape index (κ2) is 7.78. The van der Waals surface area contributed by atoms with Gasteiger partial charge in [-0.3, -0.25) is 14.2 Å². The summed E-state index contributed by atoms with van der Waals surface area (Å²) in [4.78, 5) is 30.3. The summed E-state index contributed by atoms with van der Waals surface area (Å²) in [6, 6.07) is 17.4. The Hall–Kier alpha value is -3.25. The van der Waals surface area contributed by atoms with Crippen LogP contribution >= 0.6 is 11.3 Å². The van der Waals surface area contributed by atoms with Crippen LogP contribution in [-0.2, 0) is 11.3 Å². The molecule has 140 valence electrons. The van der Waals surface area contributed by atoms with Crippen LogP contribution in [0.3, 0.4) is 0 Å². The molecule has 0 radical (unpaired) electrons. The zero-order valence-electron chi connectivity index (χ0n) is 15.4. The Kier molecular flexibility index (Phi) is 5.04. The molecule has 0 unspecified atom stereocenters. The number of nitrogens with one attached hydrogen (secondary N) is 1. The van der Waals surface area contributed by atoms with E-state index in [2.05, 4.69) is 10.3 Å². The summed E-state index contributed by atoms with van der Waals surface area (Å²) in [6.07, 6.45) is 1.72. The Bertz CT molecular complexity index is 1180. The van der Waals surface area contributed by atoms with E-state index in [-0.39, 0.29) is 24.4 Å². The Labute approximate surface area is 166 Å². The van der Waals surface area contributed by atoms with Crippen LogP contribution in [0.4, 0.5) is 5.69 Å². The molecule has 6 heteroatoms. The van der Waals surface area contributed by atoms with E-state index in [1.54, 1.807) is 0 Å². The van der Waals surface area contributed by atoms with Gasteiger partial charge in [0.25, 0.3) is 5.56 Å². The number of anilines is 1. The standard InChI is InChI=1S/C22H19N3O2S/c1-15-7-9-16(10-8-15)18-13-28-21-20(18)22(27)25(14-23-21)12-11-19(26)24-17-5-3-2-4-6-17/h2-10,13-14H,11-12H2,1H3,(H,24,26). The molecular formula is C22H19N3O2S. The second-order valence-corrected chi connectivity index (χ2v) is 7.46. The van der Waals surface area contributed by atoms with Gasteiger partial charge in [-0.1, -0.05) is 48.0 Å². The molecule has 2 heterocycles. The number of thiophene rings is 1. The van der Waals surface area contributed by atoms with Gasteiger partial charge >= 0.3 is 0 Å². The van der Waals surface area contributed by atoms with Gasteiger partial charge in [0.15, 0.2) is 0 Å². The monoisotopic (exact) mass is 389 g/mol. The molecule has 4 aromatic rings. The molecule has 4 rings (SSSR count). The molecule has 0 spiro atoms. The minimum absolute atomic E-state index is 0.116. The van der Waals surface area contributed by atoms with Crippen molar-refractivity contribution in [2.75, 3.05) is 5.32 Å². The van der Waals surface area contributed by atoms with E-state index in [9.17, 15) is 9.59 Å². The van der Waals surface area contributed by atoms with Crippen LogP contribution in [0.5, 0.6) is 0 Å². The van der Waals surface area contributed by atoms with Gasteiger partial charge < -0.3 is 5.32 Å². The van der Waals surface area contributed by atoms with Crippen molar-refractivity contribution in [3.8, 4) is 11.1 Å². The summed E-state index contributed by atoms with van der Waals surface area (Å²) in [5.41, 5.74) is 3.68. The van der Waals surface area contributed by atoms with Crippen molar-refractivity contribution in [3.05, 3.63) is 82.2 Å². The number of carbonyl (C=O) groups excluding carboxylic acids is 1. The van der Waals surface area contributed by atoms with Crippen molar-refractivity contribution in [3.63, 3.8) is 0 Å². The number of rotatable bonds is 5. The first-order valence-corrected chi connectivity index (χ1v) is 9.88. The average Bonchev–Trinajstić information content (AvgIpc) is 3.14. The van der Waals surface area contributed by atoms with E-state index in [0.717, 1.165) is 16.8 Å². The molecular weight excluding hydrogens is 370 g/mol. The normalized spacial score (nSPS) is 10.9.